The molecule has 2 aromatic rings. The standard InChI is InChI=1S/C11H9N3OS/c12-11(15)14-6-13-5-8-7-3-1-2-4-9(7)16-10(8)14/h1-5H,6H2,(H2,12,15). The summed E-state index contributed by atoms with van der Waals surface area (Å²) in [6.07, 6.45) is 1.81. The quantitative estimate of drug-likeness (QED) is 0.742. The van der Waals surface area contributed by atoms with E-state index in [9.17, 15) is 4.79 Å². The van der Waals surface area contributed by atoms with E-state index in [1.165, 1.54) is 4.90 Å². The summed E-state index contributed by atoms with van der Waals surface area (Å²) in [5.74, 6) is 0. The molecule has 1 aliphatic rings. The zero-order valence-electron chi connectivity index (χ0n) is 8.38. The number of carbonyl (C=O) groups excluding carboxylic acids is 1. The number of benzene rings is 1. The summed E-state index contributed by atoms with van der Waals surface area (Å²) in [5, 5.41) is 2.01. The lowest BCUT2D eigenvalue weighted by atomic mass is 10.1. The van der Waals surface area contributed by atoms with Crippen LogP contribution in [0.15, 0.2) is 29.3 Å². The number of thiophene rings is 1. The van der Waals surface area contributed by atoms with Gasteiger partial charge in [-0.25, -0.2) is 4.79 Å². The molecule has 5 heteroatoms. The second kappa shape index (κ2) is 3.31. The Balaban J connectivity index is 2.30. The number of hydrogen-bond donors (Lipinski definition) is 1. The van der Waals surface area contributed by atoms with Gasteiger partial charge in [0.25, 0.3) is 0 Å². The van der Waals surface area contributed by atoms with E-state index in [2.05, 4.69) is 4.99 Å². The molecule has 0 spiro atoms. The van der Waals surface area contributed by atoms with Crippen molar-refractivity contribution in [1.29, 1.82) is 0 Å². The highest BCUT2D eigenvalue weighted by Crippen LogP contribution is 2.38. The fourth-order valence-corrected chi connectivity index (χ4v) is 3.00. The van der Waals surface area contributed by atoms with Crippen molar-refractivity contribution in [3.63, 3.8) is 0 Å². The average Bonchev–Trinajstić information content (AvgIpc) is 2.67. The van der Waals surface area contributed by atoms with E-state index in [0.717, 1.165) is 20.7 Å². The molecule has 80 valence electrons. The van der Waals surface area contributed by atoms with Crippen LogP contribution in [0.2, 0.25) is 0 Å². The molecule has 0 radical (unpaired) electrons. The van der Waals surface area contributed by atoms with Crippen LogP contribution in [-0.2, 0) is 0 Å². The lowest BCUT2D eigenvalue weighted by Gasteiger charge is -2.20. The van der Waals surface area contributed by atoms with Crippen LogP contribution in [-0.4, -0.2) is 18.9 Å². The summed E-state index contributed by atoms with van der Waals surface area (Å²) in [4.78, 5) is 16.9. The molecular weight excluding hydrogens is 222 g/mol. The van der Waals surface area contributed by atoms with Crippen LogP contribution in [0.25, 0.3) is 10.1 Å². The highest BCUT2D eigenvalue weighted by atomic mass is 32.1. The van der Waals surface area contributed by atoms with Crippen molar-refractivity contribution in [2.24, 2.45) is 10.7 Å². The van der Waals surface area contributed by atoms with Crippen LogP contribution < -0.4 is 10.6 Å². The second-order valence-corrected chi connectivity index (χ2v) is 4.57. The van der Waals surface area contributed by atoms with Crippen LogP contribution in [0.3, 0.4) is 0 Å². The fraction of sp³-hybridized carbons (Fsp3) is 0.0909. The lowest BCUT2D eigenvalue weighted by Crippen LogP contribution is -2.37. The zero-order valence-corrected chi connectivity index (χ0v) is 9.20. The van der Waals surface area contributed by atoms with E-state index in [4.69, 9.17) is 5.73 Å². The number of hydrogen-bond acceptors (Lipinski definition) is 3. The van der Waals surface area contributed by atoms with Gasteiger partial charge in [0, 0.05) is 21.9 Å². The minimum Gasteiger partial charge on any atom is -0.351 e. The molecule has 1 aromatic heterocycles. The summed E-state index contributed by atoms with van der Waals surface area (Å²) < 4.78 is 1.15. The van der Waals surface area contributed by atoms with Crippen LogP contribution >= 0.6 is 11.3 Å². The lowest BCUT2D eigenvalue weighted by molar-refractivity contribution is 0.254. The minimum absolute atomic E-state index is 0.315. The highest BCUT2D eigenvalue weighted by Gasteiger charge is 2.22. The predicted molar refractivity (Wildman–Crippen MR) is 66.3 cm³/mol. The number of aliphatic imine (C=N–C) groups is 1. The molecule has 0 fully saturated rings. The van der Waals surface area contributed by atoms with Gasteiger partial charge in [-0.05, 0) is 6.07 Å². The smallest absolute Gasteiger partial charge is 0.321 e. The van der Waals surface area contributed by atoms with Gasteiger partial charge < -0.3 is 5.73 Å². The van der Waals surface area contributed by atoms with E-state index in [0.29, 0.717) is 6.67 Å². The van der Waals surface area contributed by atoms with Gasteiger partial charge in [-0.2, -0.15) is 0 Å². The Hall–Kier alpha value is -1.88. The molecule has 0 saturated carbocycles. The number of carbonyl (C=O) groups is 1. The maximum absolute atomic E-state index is 11.3. The number of primary amides is 1. The van der Waals surface area contributed by atoms with E-state index in [1.807, 2.05) is 30.5 Å². The molecule has 0 atom stereocenters. The van der Waals surface area contributed by atoms with Gasteiger partial charge in [0.05, 0.1) is 0 Å². The first kappa shape index (κ1) is 9.35. The maximum Gasteiger partial charge on any atom is 0.321 e. The Labute approximate surface area is 96.0 Å². The van der Waals surface area contributed by atoms with Crippen molar-refractivity contribution in [2.45, 2.75) is 0 Å². The van der Waals surface area contributed by atoms with Crippen LogP contribution in [0.1, 0.15) is 5.56 Å². The van der Waals surface area contributed by atoms with Crippen molar-refractivity contribution in [3.05, 3.63) is 29.8 Å². The van der Waals surface area contributed by atoms with E-state index in [-0.39, 0.29) is 0 Å². The topological polar surface area (TPSA) is 58.7 Å². The van der Waals surface area contributed by atoms with Gasteiger partial charge >= 0.3 is 6.03 Å². The monoisotopic (exact) mass is 231 g/mol. The number of nitrogens with two attached hydrogens (primary N) is 1. The number of urea groups is 1. The first-order valence-corrected chi connectivity index (χ1v) is 5.67. The summed E-state index contributed by atoms with van der Waals surface area (Å²) in [7, 11) is 0. The Morgan fingerprint density at radius 1 is 1.44 bits per heavy atom. The molecule has 4 nitrogen and oxygen atoms in total. The van der Waals surface area contributed by atoms with Gasteiger partial charge in [-0.3, -0.25) is 9.89 Å². The summed E-state index contributed by atoms with van der Waals surface area (Å²) >= 11 is 1.57. The molecule has 0 aliphatic carbocycles. The SMILES string of the molecule is NC(=O)N1CN=Cc2c1sc1ccccc21. The van der Waals surface area contributed by atoms with Crippen LogP contribution in [0.5, 0.6) is 0 Å². The molecule has 2 heterocycles. The van der Waals surface area contributed by atoms with Crippen molar-refractivity contribution in [3.8, 4) is 0 Å². The Bertz CT molecular complexity index is 602. The number of fused-ring (bicyclic) bond motifs is 3. The fourth-order valence-electron chi connectivity index (χ4n) is 1.83. The Morgan fingerprint density at radius 3 is 3.06 bits per heavy atom. The normalized spacial score (nSPS) is 14.1. The van der Waals surface area contributed by atoms with E-state index < -0.39 is 6.03 Å². The molecule has 0 saturated heterocycles. The summed E-state index contributed by atoms with van der Waals surface area (Å²) in [6, 6.07) is 7.57. The van der Waals surface area contributed by atoms with Crippen molar-refractivity contribution < 1.29 is 4.79 Å². The Kier molecular flexibility index (Phi) is 1.94. The molecule has 0 bridgehead atoms. The molecule has 16 heavy (non-hydrogen) atoms. The van der Waals surface area contributed by atoms with Gasteiger partial charge in [-0.1, -0.05) is 18.2 Å². The van der Waals surface area contributed by atoms with Crippen molar-refractivity contribution in [1.82, 2.24) is 0 Å². The predicted octanol–water partition coefficient (Wildman–Crippen LogP) is 2.18. The second-order valence-electron chi connectivity index (χ2n) is 3.54. The van der Waals surface area contributed by atoms with Gasteiger partial charge in [0.15, 0.2) is 0 Å². The van der Waals surface area contributed by atoms with Crippen LogP contribution in [0, 0.1) is 0 Å². The van der Waals surface area contributed by atoms with E-state index in [1.54, 1.807) is 11.3 Å². The third kappa shape index (κ3) is 1.22. The third-order valence-corrected chi connectivity index (χ3v) is 3.78. The van der Waals surface area contributed by atoms with Gasteiger partial charge in [0.2, 0.25) is 0 Å². The maximum atomic E-state index is 11.3. The molecule has 1 aliphatic heterocycles. The molecular formula is C11H9N3OS. The third-order valence-electron chi connectivity index (χ3n) is 2.57. The molecule has 3 rings (SSSR count). The minimum atomic E-state index is -0.454. The average molecular weight is 231 g/mol. The molecule has 1 aromatic carbocycles. The largest absolute Gasteiger partial charge is 0.351 e. The molecule has 2 N–H and O–H groups in total. The first-order chi connectivity index (χ1) is 7.77. The number of amides is 2. The van der Waals surface area contributed by atoms with Crippen molar-refractivity contribution >= 4 is 38.7 Å². The van der Waals surface area contributed by atoms with Gasteiger partial charge in [0.1, 0.15) is 11.7 Å². The van der Waals surface area contributed by atoms with E-state index >= 15 is 0 Å². The Morgan fingerprint density at radius 2 is 2.25 bits per heavy atom. The molecule has 2 amide bonds. The highest BCUT2D eigenvalue weighted by molar-refractivity contribution is 7.23. The molecule has 0 unspecified atom stereocenters. The summed E-state index contributed by atoms with van der Waals surface area (Å²) in [5.41, 5.74) is 6.31. The number of rotatable bonds is 0. The number of nitrogens with zero attached hydrogens (tertiary/aromatic N) is 2. The van der Waals surface area contributed by atoms with Gasteiger partial charge in [-0.15, -0.1) is 11.3 Å². The first-order valence-electron chi connectivity index (χ1n) is 4.85. The zero-order chi connectivity index (χ0) is 11.1. The summed E-state index contributed by atoms with van der Waals surface area (Å²) in [6.45, 7) is 0.315. The van der Waals surface area contributed by atoms with Crippen molar-refractivity contribution in [2.75, 3.05) is 11.6 Å². The number of anilines is 1. The van der Waals surface area contributed by atoms with Crippen LogP contribution in [0.4, 0.5) is 9.80 Å².